The molecule has 0 N–H and O–H groups in total. The van der Waals surface area contributed by atoms with Gasteiger partial charge in [0, 0.05) is 0 Å². The highest BCUT2D eigenvalue weighted by molar-refractivity contribution is 7.91. The molecule has 1 aromatic carbocycles. The second-order valence-corrected chi connectivity index (χ2v) is 7.80. The molecule has 0 bridgehead atoms. The highest BCUT2D eigenvalue weighted by atomic mass is 32.2. The first kappa shape index (κ1) is 15.8. The highest BCUT2D eigenvalue weighted by Crippen LogP contribution is 2.20. The molecule has 0 aliphatic carbocycles. The van der Waals surface area contributed by atoms with Crippen molar-refractivity contribution in [3.63, 3.8) is 0 Å². The summed E-state index contributed by atoms with van der Waals surface area (Å²) in [6.45, 7) is 8.95. The third-order valence-corrected chi connectivity index (χ3v) is 4.57. The van der Waals surface area contributed by atoms with E-state index in [1.165, 1.54) is 0 Å². The van der Waals surface area contributed by atoms with Crippen LogP contribution in [-0.2, 0) is 11.4 Å². The third kappa shape index (κ3) is 3.19. The van der Waals surface area contributed by atoms with Crippen molar-refractivity contribution < 1.29 is 8.97 Å². The van der Waals surface area contributed by atoms with E-state index in [-0.39, 0.29) is 5.43 Å². The van der Waals surface area contributed by atoms with Crippen molar-refractivity contribution in [1.82, 2.24) is 0 Å². The van der Waals surface area contributed by atoms with Crippen LogP contribution in [-0.4, -0.2) is 15.0 Å². The number of para-hydroxylation sites is 1. The first-order valence-electron chi connectivity index (χ1n) is 6.72. The van der Waals surface area contributed by atoms with Gasteiger partial charge in [0.25, 0.3) is 0 Å². The number of benzene rings is 1. The van der Waals surface area contributed by atoms with Gasteiger partial charge in [0.05, 0.1) is 10.9 Å². The fourth-order valence-electron chi connectivity index (χ4n) is 1.98. The maximum atomic E-state index is 12.6. The van der Waals surface area contributed by atoms with Crippen LogP contribution in [0.4, 0.5) is 0 Å². The molecule has 0 saturated heterocycles. The van der Waals surface area contributed by atoms with Gasteiger partial charge in [-0.25, -0.2) is 0 Å². The van der Waals surface area contributed by atoms with E-state index in [0.717, 1.165) is 0 Å². The molecule has 2 rings (SSSR count). The highest BCUT2D eigenvalue weighted by Gasteiger charge is 2.27. The van der Waals surface area contributed by atoms with Crippen LogP contribution in [0.2, 0.25) is 0 Å². The van der Waals surface area contributed by atoms with Crippen molar-refractivity contribution in [1.29, 1.82) is 0 Å². The Morgan fingerprint density at radius 1 is 1.29 bits per heavy atom. The zero-order valence-corrected chi connectivity index (χ0v) is 13.7. The third-order valence-electron chi connectivity index (χ3n) is 3.08. The summed E-state index contributed by atoms with van der Waals surface area (Å²) in [6, 6.07) is 7.09. The smallest absolute Gasteiger partial charge is 0.202 e. The predicted octanol–water partition coefficient (Wildman–Crippen LogP) is 3.37. The molecule has 0 aliphatic rings. The van der Waals surface area contributed by atoms with E-state index >= 15 is 0 Å². The van der Waals surface area contributed by atoms with Crippen molar-refractivity contribution >= 4 is 28.0 Å². The molecule has 2 aromatic rings. The summed E-state index contributed by atoms with van der Waals surface area (Å²) in [4.78, 5) is 12.6. The van der Waals surface area contributed by atoms with Crippen molar-refractivity contribution in [2.75, 3.05) is 0 Å². The van der Waals surface area contributed by atoms with Gasteiger partial charge in [-0.15, -0.1) is 0 Å². The van der Waals surface area contributed by atoms with E-state index in [2.05, 4.69) is 4.40 Å². The standard InChI is InChI=1S/C16H19NO3S/c1-10(17-21(19)16(3,4)5)14-11(2)20-13-9-7-6-8-12(13)15(14)18/h6-9H,1-5H3/b17-10+. The number of rotatable bonds is 2. The largest absolute Gasteiger partial charge is 0.591 e. The fraction of sp³-hybridized carbons (Fsp3) is 0.375. The lowest BCUT2D eigenvalue weighted by Crippen LogP contribution is -2.27. The number of aryl methyl sites for hydroxylation is 1. The van der Waals surface area contributed by atoms with Crippen LogP contribution in [0.1, 0.15) is 39.0 Å². The molecule has 5 heteroatoms. The van der Waals surface area contributed by atoms with Crippen LogP contribution in [0.15, 0.2) is 37.9 Å². The molecule has 1 atom stereocenters. The predicted molar refractivity (Wildman–Crippen MR) is 87.3 cm³/mol. The van der Waals surface area contributed by atoms with E-state index in [1.807, 2.05) is 26.8 Å². The van der Waals surface area contributed by atoms with Gasteiger partial charge in [-0.3, -0.25) is 4.79 Å². The van der Waals surface area contributed by atoms with Gasteiger partial charge >= 0.3 is 0 Å². The Bertz CT molecular complexity index is 756. The SMILES string of the molecule is C/C(=N\[S+]([O-])C(C)(C)C)c1c(C)oc2ccccc2c1=O. The van der Waals surface area contributed by atoms with E-state index in [4.69, 9.17) is 4.42 Å². The van der Waals surface area contributed by atoms with Crippen LogP contribution in [0, 0.1) is 6.92 Å². The van der Waals surface area contributed by atoms with Gasteiger partial charge < -0.3 is 8.97 Å². The van der Waals surface area contributed by atoms with E-state index in [1.54, 1.807) is 32.0 Å². The molecule has 1 unspecified atom stereocenters. The summed E-state index contributed by atoms with van der Waals surface area (Å²) in [6.07, 6.45) is 0. The number of nitrogens with zero attached hydrogens (tertiary/aromatic N) is 1. The van der Waals surface area contributed by atoms with E-state index in [0.29, 0.717) is 28.0 Å². The summed E-state index contributed by atoms with van der Waals surface area (Å²) in [5.74, 6) is 0.492. The Balaban J connectivity index is 2.62. The van der Waals surface area contributed by atoms with Crippen LogP contribution in [0.25, 0.3) is 11.0 Å². The topological polar surface area (TPSA) is 65.6 Å². The van der Waals surface area contributed by atoms with Gasteiger partial charge in [0.15, 0.2) is 0 Å². The molecular formula is C16H19NO3S. The van der Waals surface area contributed by atoms with Gasteiger partial charge in [-0.05, 0) is 46.8 Å². The van der Waals surface area contributed by atoms with Crippen LogP contribution < -0.4 is 5.43 Å². The normalized spacial score (nSPS) is 14.5. The summed E-state index contributed by atoms with van der Waals surface area (Å²) in [7, 11) is 0. The maximum absolute atomic E-state index is 12.6. The molecule has 0 saturated carbocycles. The van der Waals surface area contributed by atoms with Crippen molar-refractivity contribution in [3.05, 3.63) is 45.8 Å². The molecule has 0 aliphatic heterocycles. The van der Waals surface area contributed by atoms with Gasteiger partial charge in [0.2, 0.25) is 5.43 Å². The summed E-state index contributed by atoms with van der Waals surface area (Å²) in [5.41, 5.74) is 1.25. The summed E-state index contributed by atoms with van der Waals surface area (Å²) < 4.78 is 21.5. The Morgan fingerprint density at radius 2 is 1.90 bits per heavy atom. The molecule has 0 fully saturated rings. The number of hydrogen-bond donors (Lipinski definition) is 0. The second kappa shape index (κ2) is 5.66. The Hall–Kier alpha value is -1.59. The minimum Gasteiger partial charge on any atom is -0.591 e. The Morgan fingerprint density at radius 3 is 2.52 bits per heavy atom. The lowest BCUT2D eigenvalue weighted by molar-refractivity contribution is 0.560. The van der Waals surface area contributed by atoms with Crippen LogP contribution >= 0.6 is 0 Å². The molecule has 21 heavy (non-hydrogen) atoms. The second-order valence-electron chi connectivity index (χ2n) is 5.90. The monoisotopic (exact) mass is 305 g/mol. The molecule has 4 nitrogen and oxygen atoms in total. The molecule has 1 heterocycles. The molecule has 112 valence electrons. The van der Waals surface area contributed by atoms with Gasteiger partial charge in [-0.2, -0.15) is 0 Å². The molecule has 0 amide bonds. The lowest BCUT2D eigenvalue weighted by Gasteiger charge is -2.18. The summed E-state index contributed by atoms with van der Waals surface area (Å²) >= 11 is -1.41. The van der Waals surface area contributed by atoms with Gasteiger partial charge in [0.1, 0.15) is 33.2 Å². The average molecular weight is 305 g/mol. The fourth-order valence-corrected chi connectivity index (χ4v) is 2.59. The van der Waals surface area contributed by atoms with Crippen molar-refractivity contribution in [3.8, 4) is 0 Å². The molecule has 0 spiro atoms. The molecule has 1 aromatic heterocycles. The van der Waals surface area contributed by atoms with Crippen LogP contribution in [0.3, 0.4) is 0 Å². The van der Waals surface area contributed by atoms with E-state index < -0.39 is 16.1 Å². The Labute approximate surface area is 127 Å². The minimum atomic E-state index is -1.41. The molecule has 0 radical (unpaired) electrons. The van der Waals surface area contributed by atoms with Crippen LogP contribution in [0.5, 0.6) is 0 Å². The number of fused-ring (bicyclic) bond motifs is 1. The first-order chi connectivity index (χ1) is 9.71. The minimum absolute atomic E-state index is 0.137. The van der Waals surface area contributed by atoms with Gasteiger partial charge in [-0.1, -0.05) is 16.5 Å². The van der Waals surface area contributed by atoms with E-state index in [9.17, 15) is 9.35 Å². The Kier molecular flexibility index (Phi) is 4.25. The molecular weight excluding hydrogens is 286 g/mol. The zero-order valence-electron chi connectivity index (χ0n) is 12.9. The maximum Gasteiger partial charge on any atom is 0.202 e. The van der Waals surface area contributed by atoms with Crippen molar-refractivity contribution in [2.24, 2.45) is 4.40 Å². The summed E-state index contributed by atoms with van der Waals surface area (Å²) in [5, 5.41) is 0.509. The zero-order chi connectivity index (χ0) is 15.8. The quantitative estimate of drug-likeness (QED) is 0.631. The lowest BCUT2D eigenvalue weighted by atomic mass is 10.1. The average Bonchev–Trinajstić information content (AvgIpc) is 2.37. The van der Waals surface area contributed by atoms with Crippen molar-refractivity contribution in [2.45, 2.75) is 39.4 Å². The number of hydrogen-bond acceptors (Lipinski definition) is 4. The first-order valence-corrected chi connectivity index (χ1v) is 7.82.